The zero-order valence-electron chi connectivity index (χ0n) is 16.7. The molecule has 2 aromatic carbocycles. The number of aromatic nitrogens is 6. The second-order valence-corrected chi connectivity index (χ2v) is 7.93. The van der Waals surface area contributed by atoms with Gasteiger partial charge in [0.25, 0.3) is 0 Å². The maximum Gasteiger partial charge on any atom is 0.202 e. The summed E-state index contributed by atoms with van der Waals surface area (Å²) in [5.41, 5.74) is 3.02. The number of nitrogens with zero attached hydrogens (tertiary/aromatic N) is 5. The molecule has 0 spiro atoms. The molecule has 0 atom stereocenters. The molecule has 0 bridgehead atoms. The molecule has 1 saturated carbocycles. The molecule has 3 heterocycles. The van der Waals surface area contributed by atoms with Gasteiger partial charge in [0.1, 0.15) is 17.3 Å². The molecule has 1 aliphatic carbocycles. The van der Waals surface area contributed by atoms with Crippen molar-refractivity contribution in [1.82, 2.24) is 29.9 Å². The average Bonchev–Trinajstić information content (AvgIpc) is 3.33. The van der Waals surface area contributed by atoms with E-state index in [2.05, 4.69) is 39.4 Å². The quantitative estimate of drug-likeness (QED) is 0.464. The fourth-order valence-electron chi connectivity index (χ4n) is 4.20. The molecule has 1 aliphatic rings. The molecule has 0 radical (unpaired) electrons. The molecule has 6 nitrogen and oxygen atoms in total. The van der Waals surface area contributed by atoms with Crippen LogP contribution < -0.4 is 0 Å². The van der Waals surface area contributed by atoms with Crippen molar-refractivity contribution in [2.24, 2.45) is 0 Å². The molecular formula is C24H19FN6. The van der Waals surface area contributed by atoms with E-state index in [4.69, 9.17) is 10.1 Å². The standard InChI is InChI=1S/C24H19FN6/c25-19-11-5-4-7-16(19)15-31-22-18(10-6-14-26-22)20(30-31)21-27-23(29-28-21)24(12-13-24)17-8-2-1-3-9-17/h1-11,14H,12-13,15H2,(H,27,28,29). The van der Waals surface area contributed by atoms with Crippen molar-refractivity contribution in [2.45, 2.75) is 24.8 Å². The van der Waals surface area contributed by atoms with Crippen LogP contribution in [0.3, 0.4) is 0 Å². The van der Waals surface area contributed by atoms with Crippen LogP contribution in [-0.4, -0.2) is 29.9 Å². The van der Waals surface area contributed by atoms with Crippen molar-refractivity contribution < 1.29 is 4.39 Å². The van der Waals surface area contributed by atoms with E-state index in [0.29, 0.717) is 22.7 Å². The van der Waals surface area contributed by atoms with Gasteiger partial charge >= 0.3 is 0 Å². The fourth-order valence-corrected chi connectivity index (χ4v) is 4.20. The molecule has 6 rings (SSSR count). The Hall–Kier alpha value is -3.87. The van der Waals surface area contributed by atoms with Gasteiger partial charge in [-0.05, 0) is 36.6 Å². The third-order valence-electron chi connectivity index (χ3n) is 6.01. The summed E-state index contributed by atoms with van der Waals surface area (Å²) in [6.07, 6.45) is 3.79. The van der Waals surface area contributed by atoms with Crippen molar-refractivity contribution in [3.63, 3.8) is 0 Å². The summed E-state index contributed by atoms with van der Waals surface area (Å²) >= 11 is 0. The molecule has 1 fully saturated rings. The Morgan fingerprint density at radius 3 is 2.58 bits per heavy atom. The van der Waals surface area contributed by atoms with Crippen molar-refractivity contribution in [2.75, 3.05) is 0 Å². The summed E-state index contributed by atoms with van der Waals surface area (Å²) in [5, 5.41) is 13.2. The highest BCUT2D eigenvalue weighted by atomic mass is 19.1. The van der Waals surface area contributed by atoms with Crippen LogP contribution in [0.1, 0.15) is 29.8 Å². The highest BCUT2D eigenvalue weighted by Crippen LogP contribution is 2.52. The third kappa shape index (κ3) is 2.92. The first kappa shape index (κ1) is 17.9. The number of rotatable bonds is 5. The number of H-pyrrole nitrogens is 1. The Morgan fingerprint density at radius 2 is 1.77 bits per heavy atom. The number of fused-ring (bicyclic) bond motifs is 1. The van der Waals surface area contributed by atoms with Crippen LogP contribution in [0.4, 0.5) is 4.39 Å². The van der Waals surface area contributed by atoms with E-state index < -0.39 is 0 Å². The van der Waals surface area contributed by atoms with E-state index in [1.54, 1.807) is 23.0 Å². The van der Waals surface area contributed by atoms with Crippen LogP contribution in [0.15, 0.2) is 72.9 Å². The number of hydrogen-bond donors (Lipinski definition) is 1. The van der Waals surface area contributed by atoms with Crippen LogP contribution in [0.5, 0.6) is 0 Å². The minimum absolute atomic E-state index is 0.101. The minimum Gasteiger partial charge on any atom is -0.262 e. The summed E-state index contributed by atoms with van der Waals surface area (Å²) in [5.74, 6) is 1.12. The van der Waals surface area contributed by atoms with Crippen molar-refractivity contribution in [3.05, 3.63) is 95.7 Å². The van der Waals surface area contributed by atoms with Gasteiger partial charge < -0.3 is 0 Å². The second kappa shape index (κ2) is 6.84. The monoisotopic (exact) mass is 410 g/mol. The second-order valence-electron chi connectivity index (χ2n) is 7.93. The lowest BCUT2D eigenvalue weighted by Crippen LogP contribution is -2.10. The molecule has 0 unspecified atom stereocenters. The van der Waals surface area contributed by atoms with Crippen LogP contribution in [0.2, 0.25) is 0 Å². The molecule has 5 aromatic rings. The summed E-state index contributed by atoms with van der Waals surface area (Å²) in [4.78, 5) is 9.32. The van der Waals surface area contributed by atoms with E-state index in [-0.39, 0.29) is 17.8 Å². The Morgan fingerprint density at radius 1 is 0.968 bits per heavy atom. The lowest BCUT2D eigenvalue weighted by atomic mass is 9.95. The van der Waals surface area contributed by atoms with Crippen LogP contribution in [0.25, 0.3) is 22.6 Å². The number of benzene rings is 2. The largest absolute Gasteiger partial charge is 0.262 e. The zero-order valence-corrected chi connectivity index (χ0v) is 16.7. The van der Waals surface area contributed by atoms with Gasteiger partial charge in [0.05, 0.1) is 17.3 Å². The van der Waals surface area contributed by atoms with Crippen molar-refractivity contribution in [1.29, 1.82) is 0 Å². The number of pyridine rings is 1. The van der Waals surface area contributed by atoms with Gasteiger partial charge in [-0.2, -0.15) is 10.2 Å². The lowest BCUT2D eigenvalue weighted by molar-refractivity contribution is 0.589. The van der Waals surface area contributed by atoms with Gasteiger partial charge in [-0.15, -0.1) is 0 Å². The first-order valence-electron chi connectivity index (χ1n) is 10.3. The normalized spacial score (nSPS) is 14.7. The SMILES string of the molecule is Fc1ccccc1Cn1nc(-c2n[nH]c(C3(c4ccccc4)CC3)n2)c2cccnc21. The summed E-state index contributed by atoms with van der Waals surface area (Å²) in [7, 11) is 0. The predicted octanol–water partition coefficient (Wildman–Crippen LogP) is 4.48. The first-order chi connectivity index (χ1) is 15.2. The summed E-state index contributed by atoms with van der Waals surface area (Å²) < 4.78 is 15.9. The van der Waals surface area contributed by atoms with Crippen LogP contribution in [-0.2, 0) is 12.0 Å². The molecule has 0 aliphatic heterocycles. The van der Waals surface area contributed by atoms with E-state index in [0.717, 1.165) is 24.1 Å². The van der Waals surface area contributed by atoms with Crippen molar-refractivity contribution in [3.8, 4) is 11.5 Å². The molecule has 0 saturated heterocycles. The highest BCUT2D eigenvalue weighted by Gasteiger charge is 2.48. The third-order valence-corrected chi connectivity index (χ3v) is 6.01. The minimum atomic E-state index is -0.262. The molecule has 1 N–H and O–H groups in total. The lowest BCUT2D eigenvalue weighted by Gasteiger charge is -2.11. The van der Waals surface area contributed by atoms with Gasteiger partial charge in [0.2, 0.25) is 5.82 Å². The maximum atomic E-state index is 14.2. The number of hydrogen-bond acceptors (Lipinski definition) is 4. The van der Waals surface area contributed by atoms with E-state index in [1.165, 1.54) is 11.6 Å². The number of aromatic amines is 1. The van der Waals surface area contributed by atoms with E-state index >= 15 is 0 Å². The van der Waals surface area contributed by atoms with Gasteiger partial charge in [-0.3, -0.25) is 5.10 Å². The smallest absolute Gasteiger partial charge is 0.202 e. The Balaban J connectivity index is 1.42. The highest BCUT2D eigenvalue weighted by molar-refractivity contribution is 5.89. The summed E-state index contributed by atoms with van der Waals surface area (Å²) in [6.45, 7) is 0.283. The molecule has 0 amide bonds. The topological polar surface area (TPSA) is 72.3 Å². The number of nitrogens with one attached hydrogen (secondary N) is 1. The van der Waals surface area contributed by atoms with E-state index in [1.807, 2.05) is 24.3 Å². The maximum absolute atomic E-state index is 14.2. The van der Waals surface area contributed by atoms with E-state index in [9.17, 15) is 4.39 Å². The van der Waals surface area contributed by atoms with Gasteiger partial charge in [0, 0.05) is 11.8 Å². The van der Waals surface area contributed by atoms with Crippen molar-refractivity contribution >= 4 is 11.0 Å². The molecule has 31 heavy (non-hydrogen) atoms. The molecule has 7 heteroatoms. The average molecular weight is 410 g/mol. The Kier molecular flexibility index (Phi) is 3.96. The summed E-state index contributed by atoms with van der Waals surface area (Å²) in [6, 6.07) is 20.9. The molecule has 3 aromatic heterocycles. The van der Waals surface area contributed by atoms with Crippen LogP contribution in [0, 0.1) is 5.82 Å². The Labute approximate surface area is 177 Å². The van der Waals surface area contributed by atoms with Gasteiger partial charge in [-0.25, -0.2) is 19.0 Å². The first-order valence-corrected chi connectivity index (χ1v) is 10.3. The van der Waals surface area contributed by atoms with Crippen LogP contribution >= 0.6 is 0 Å². The predicted molar refractivity (Wildman–Crippen MR) is 115 cm³/mol. The molecular weight excluding hydrogens is 391 g/mol. The fraction of sp³-hybridized carbons (Fsp3) is 0.167. The zero-order chi connectivity index (χ0) is 20.8. The number of halogens is 1. The molecule has 152 valence electrons. The van der Waals surface area contributed by atoms with Gasteiger partial charge in [0.15, 0.2) is 5.65 Å². The van der Waals surface area contributed by atoms with Gasteiger partial charge in [-0.1, -0.05) is 48.5 Å². The Bertz CT molecular complexity index is 1380.